The van der Waals surface area contributed by atoms with Gasteiger partial charge in [0.15, 0.2) is 4.96 Å². The molecule has 0 saturated carbocycles. The van der Waals surface area contributed by atoms with Crippen molar-refractivity contribution in [3.05, 3.63) is 28.7 Å². The summed E-state index contributed by atoms with van der Waals surface area (Å²) in [5.41, 5.74) is 2.09. The van der Waals surface area contributed by atoms with Crippen LogP contribution in [0.4, 0.5) is 0 Å². The highest BCUT2D eigenvalue weighted by Gasteiger charge is 2.17. The number of thiazole rings is 1. The van der Waals surface area contributed by atoms with Crippen molar-refractivity contribution in [2.24, 2.45) is 0 Å². The molecule has 3 aromatic rings. The van der Waals surface area contributed by atoms with Gasteiger partial charge in [0.25, 0.3) is 5.22 Å². The highest BCUT2D eigenvalue weighted by atomic mass is 32.2. The van der Waals surface area contributed by atoms with Crippen molar-refractivity contribution in [1.29, 1.82) is 0 Å². The Hall–Kier alpha value is -1.31. The van der Waals surface area contributed by atoms with Gasteiger partial charge in [-0.05, 0) is 32.2 Å². The molecule has 0 unspecified atom stereocenters. The molecule has 106 valence electrons. The maximum atomic E-state index is 5.64. The van der Waals surface area contributed by atoms with Crippen molar-refractivity contribution in [3.8, 4) is 0 Å². The van der Waals surface area contributed by atoms with Crippen LogP contribution in [0.15, 0.2) is 26.2 Å². The van der Waals surface area contributed by atoms with Gasteiger partial charge < -0.3 is 9.73 Å². The van der Waals surface area contributed by atoms with Crippen LogP contribution in [-0.4, -0.2) is 20.9 Å². The zero-order chi connectivity index (χ0) is 14.1. The lowest BCUT2D eigenvalue weighted by Crippen LogP contribution is -2.13. The fourth-order valence-corrected chi connectivity index (χ4v) is 3.59. The molecule has 7 heteroatoms. The summed E-state index contributed by atoms with van der Waals surface area (Å²) in [7, 11) is 0. The van der Waals surface area contributed by atoms with Crippen molar-refractivity contribution in [2.75, 3.05) is 6.54 Å². The summed E-state index contributed by atoms with van der Waals surface area (Å²) in [6, 6.07) is 0. The zero-order valence-corrected chi connectivity index (χ0v) is 13.3. The average molecular weight is 308 g/mol. The standard InChI is InChI=1S/C13H16N4OS2/c1-4-14-7-10-11(16-12-17(10)5-6-19-12)20-13-15-8(2)9(3)18-13/h5-6,14H,4,7H2,1-3H3. The van der Waals surface area contributed by atoms with E-state index in [2.05, 4.69) is 32.8 Å². The van der Waals surface area contributed by atoms with Crippen LogP contribution in [0, 0.1) is 13.8 Å². The predicted molar refractivity (Wildman–Crippen MR) is 80.5 cm³/mol. The molecule has 0 amide bonds. The van der Waals surface area contributed by atoms with Gasteiger partial charge in [0.1, 0.15) is 10.8 Å². The lowest BCUT2D eigenvalue weighted by Gasteiger charge is -2.02. The Balaban J connectivity index is 1.95. The maximum absolute atomic E-state index is 5.64. The van der Waals surface area contributed by atoms with E-state index >= 15 is 0 Å². The van der Waals surface area contributed by atoms with Gasteiger partial charge in [0.05, 0.1) is 11.4 Å². The first-order valence-corrected chi connectivity index (χ1v) is 8.15. The summed E-state index contributed by atoms with van der Waals surface area (Å²) in [6.45, 7) is 7.69. The number of nitrogens with zero attached hydrogens (tertiary/aromatic N) is 3. The van der Waals surface area contributed by atoms with E-state index in [9.17, 15) is 0 Å². The Morgan fingerprint density at radius 1 is 1.40 bits per heavy atom. The van der Waals surface area contributed by atoms with E-state index in [0.29, 0.717) is 5.22 Å². The molecular weight excluding hydrogens is 292 g/mol. The smallest absolute Gasteiger partial charge is 0.262 e. The molecule has 1 N–H and O–H groups in total. The average Bonchev–Trinajstić information content (AvgIpc) is 3.05. The molecule has 0 spiro atoms. The minimum absolute atomic E-state index is 0.656. The summed E-state index contributed by atoms with van der Waals surface area (Å²) >= 11 is 3.12. The number of aromatic nitrogens is 3. The molecule has 3 aromatic heterocycles. The molecule has 3 rings (SSSR count). The first kappa shape index (κ1) is 13.7. The van der Waals surface area contributed by atoms with E-state index < -0.39 is 0 Å². The second kappa shape index (κ2) is 5.59. The first-order chi connectivity index (χ1) is 9.69. The zero-order valence-electron chi connectivity index (χ0n) is 11.6. The third-order valence-corrected chi connectivity index (χ3v) is 4.69. The maximum Gasteiger partial charge on any atom is 0.262 e. The number of fused-ring (bicyclic) bond motifs is 1. The number of rotatable bonds is 5. The quantitative estimate of drug-likeness (QED) is 0.784. The van der Waals surface area contributed by atoms with E-state index in [0.717, 1.165) is 40.2 Å². The van der Waals surface area contributed by atoms with Gasteiger partial charge in [0, 0.05) is 18.1 Å². The second-order valence-corrected chi connectivity index (χ2v) is 6.24. The van der Waals surface area contributed by atoms with Crippen molar-refractivity contribution < 1.29 is 4.42 Å². The van der Waals surface area contributed by atoms with Crippen LogP contribution in [0.5, 0.6) is 0 Å². The Kier molecular flexibility index (Phi) is 3.82. The number of oxazole rings is 1. The van der Waals surface area contributed by atoms with Crippen molar-refractivity contribution in [1.82, 2.24) is 19.7 Å². The van der Waals surface area contributed by atoms with Crippen LogP contribution in [0.3, 0.4) is 0 Å². The molecule has 20 heavy (non-hydrogen) atoms. The second-order valence-electron chi connectivity index (χ2n) is 4.42. The summed E-state index contributed by atoms with van der Waals surface area (Å²) in [5.74, 6) is 0.863. The number of hydrogen-bond donors (Lipinski definition) is 1. The third kappa shape index (κ3) is 2.48. The molecule has 3 heterocycles. The Morgan fingerprint density at radius 2 is 2.25 bits per heavy atom. The lowest BCUT2D eigenvalue weighted by atomic mass is 10.4. The molecule has 0 aromatic carbocycles. The first-order valence-electron chi connectivity index (χ1n) is 6.46. The Labute approximate surface area is 125 Å². The SMILES string of the molecule is CCNCc1c(Sc2nc(C)c(C)o2)nc2sccn12. The van der Waals surface area contributed by atoms with Crippen molar-refractivity contribution in [3.63, 3.8) is 0 Å². The fraction of sp³-hybridized carbons (Fsp3) is 0.385. The molecule has 5 nitrogen and oxygen atoms in total. The van der Waals surface area contributed by atoms with Crippen molar-refractivity contribution >= 4 is 28.1 Å². The van der Waals surface area contributed by atoms with E-state index in [1.165, 1.54) is 11.8 Å². The van der Waals surface area contributed by atoms with E-state index in [-0.39, 0.29) is 0 Å². The predicted octanol–water partition coefficient (Wildman–Crippen LogP) is 3.26. The molecule has 0 fully saturated rings. The summed E-state index contributed by atoms with van der Waals surface area (Å²) in [6.07, 6.45) is 2.05. The van der Waals surface area contributed by atoms with E-state index in [4.69, 9.17) is 4.42 Å². The molecule has 0 bridgehead atoms. The summed E-state index contributed by atoms with van der Waals surface area (Å²) in [5, 5.41) is 7.02. The van der Waals surface area contributed by atoms with Crippen LogP contribution in [0.25, 0.3) is 4.96 Å². The topological polar surface area (TPSA) is 55.4 Å². The van der Waals surface area contributed by atoms with Gasteiger partial charge in [-0.15, -0.1) is 11.3 Å². The van der Waals surface area contributed by atoms with Gasteiger partial charge in [0.2, 0.25) is 0 Å². The molecule has 0 aliphatic heterocycles. The number of imidazole rings is 1. The Bertz CT molecular complexity index is 708. The minimum atomic E-state index is 0.656. The highest BCUT2D eigenvalue weighted by molar-refractivity contribution is 7.99. The van der Waals surface area contributed by atoms with Gasteiger partial charge in [-0.2, -0.15) is 0 Å². The number of nitrogens with one attached hydrogen (secondary N) is 1. The molecule has 0 radical (unpaired) electrons. The van der Waals surface area contributed by atoms with Gasteiger partial charge >= 0.3 is 0 Å². The van der Waals surface area contributed by atoms with Crippen LogP contribution in [0.1, 0.15) is 24.1 Å². The minimum Gasteiger partial charge on any atom is -0.436 e. The van der Waals surface area contributed by atoms with Gasteiger partial charge in [-0.25, -0.2) is 9.97 Å². The van der Waals surface area contributed by atoms with E-state index in [1.807, 2.05) is 19.2 Å². The summed E-state index contributed by atoms with van der Waals surface area (Å²) in [4.78, 5) is 10.1. The van der Waals surface area contributed by atoms with Crippen LogP contribution >= 0.6 is 23.1 Å². The van der Waals surface area contributed by atoms with Gasteiger partial charge in [-0.1, -0.05) is 6.92 Å². The molecule has 0 aliphatic carbocycles. The normalized spacial score (nSPS) is 11.6. The monoisotopic (exact) mass is 308 g/mol. The highest BCUT2D eigenvalue weighted by Crippen LogP contribution is 2.32. The lowest BCUT2D eigenvalue weighted by molar-refractivity contribution is 0.431. The van der Waals surface area contributed by atoms with E-state index in [1.54, 1.807) is 11.3 Å². The number of aryl methyl sites for hydroxylation is 2. The summed E-state index contributed by atoms with van der Waals surface area (Å²) < 4.78 is 7.76. The van der Waals surface area contributed by atoms with Crippen molar-refractivity contribution in [2.45, 2.75) is 37.6 Å². The Morgan fingerprint density at radius 3 is 2.95 bits per heavy atom. The van der Waals surface area contributed by atoms with Crippen LogP contribution in [0.2, 0.25) is 0 Å². The molecule has 0 aliphatic rings. The molecule has 0 saturated heterocycles. The van der Waals surface area contributed by atoms with Crippen LogP contribution < -0.4 is 5.32 Å². The van der Waals surface area contributed by atoms with Gasteiger partial charge in [-0.3, -0.25) is 4.40 Å². The van der Waals surface area contributed by atoms with Crippen LogP contribution in [-0.2, 0) is 6.54 Å². The fourth-order valence-electron chi connectivity index (χ4n) is 1.87. The molecule has 0 atom stereocenters. The third-order valence-electron chi connectivity index (χ3n) is 3.06. The largest absolute Gasteiger partial charge is 0.436 e. The molecular formula is C13H16N4OS2. The number of hydrogen-bond acceptors (Lipinski definition) is 6.